The molecule has 0 radical (unpaired) electrons. The Hall–Kier alpha value is -3.65. The number of carbonyl (C=O) groups excluding carboxylic acids is 2. The van der Waals surface area contributed by atoms with Crippen LogP contribution < -0.4 is 9.62 Å². The number of amides is 2. The number of nitrogens with zero attached hydrogens (tertiary/aromatic N) is 2. The zero-order valence-corrected chi connectivity index (χ0v) is 26.6. The van der Waals surface area contributed by atoms with Crippen LogP contribution in [0, 0.1) is 6.92 Å². The Morgan fingerprint density at radius 2 is 1.51 bits per heavy atom. The largest absolute Gasteiger partial charge is 0.352 e. The zero-order valence-electron chi connectivity index (χ0n) is 25.8. The second-order valence-corrected chi connectivity index (χ2v) is 13.7. The molecule has 1 atom stereocenters. The molecule has 0 heterocycles. The molecule has 0 spiro atoms. The van der Waals surface area contributed by atoms with Gasteiger partial charge in [-0.25, -0.2) is 8.42 Å². The van der Waals surface area contributed by atoms with E-state index >= 15 is 0 Å². The number of benzene rings is 3. The molecule has 0 aromatic heterocycles. The SMILES string of the molecule is CC[C@H](C(=O)NC1CCCCC1)N(Cc1ccc(C)cc1)C(=O)CN(c1ccc(C(C)C)cc1)S(=O)(=O)c1ccccc1. The number of sulfonamides is 1. The topological polar surface area (TPSA) is 86.8 Å². The van der Waals surface area contributed by atoms with Gasteiger partial charge in [-0.05, 0) is 67.5 Å². The van der Waals surface area contributed by atoms with Gasteiger partial charge in [0.1, 0.15) is 12.6 Å². The van der Waals surface area contributed by atoms with Crippen LogP contribution in [0.2, 0.25) is 0 Å². The van der Waals surface area contributed by atoms with Crippen LogP contribution in [-0.2, 0) is 26.2 Å². The van der Waals surface area contributed by atoms with E-state index in [-0.39, 0.29) is 29.3 Å². The number of nitrogens with one attached hydrogen (secondary N) is 1. The second kappa shape index (κ2) is 14.7. The summed E-state index contributed by atoms with van der Waals surface area (Å²) in [5, 5.41) is 3.19. The van der Waals surface area contributed by atoms with Crippen molar-refractivity contribution in [1.29, 1.82) is 0 Å². The van der Waals surface area contributed by atoms with E-state index in [9.17, 15) is 18.0 Å². The normalized spacial score (nSPS) is 14.7. The van der Waals surface area contributed by atoms with Gasteiger partial charge < -0.3 is 10.2 Å². The first-order valence-electron chi connectivity index (χ1n) is 15.4. The number of hydrogen-bond donors (Lipinski definition) is 1. The third kappa shape index (κ3) is 8.25. The molecule has 1 saturated carbocycles. The Balaban J connectivity index is 1.70. The van der Waals surface area contributed by atoms with Crippen molar-refractivity contribution in [3.63, 3.8) is 0 Å². The summed E-state index contributed by atoms with van der Waals surface area (Å²) < 4.78 is 29.2. The smallest absolute Gasteiger partial charge is 0.264 e. The van der Waals surface area contributed by atoms with Crippen molar-refractivity contribution in [3.8, 4) is 0 Å². The van der Waals surface area contributed by atoms with Crippen LogP contribution in [0.4, 0.5) is 5.69 Å². The fraction of sp³-hybridized carbons (Fsp3) is 0.429. The number of carbonyl (C=O) groups is 2. The highest BCUT2D eigenvalue weighted by Crippen LogP contribution is 2.27. The van der Waals surface area contributed by atoms with Crippen LogP contribution in [0.25, 0.3) is 0 Å². The minimum Gasteiger partial charge on any atom is -0.352 e. The molecule has 1 fully saturated rings. The van der Waals surface area contributed by atoms with E-state index in [0.717, 1.165) is 42.4 Å². The van der Waals surface area contributed by atoms with Crippen LogP contribution in [0.1, 0.15) is 81.9 Å². The highest BCUT2D eigenvalue weighted by molar-refractivity contribution is 7.92. The molecule has 3 aromatic carbocycles. The molecule has 3 aromatic rings. The van der Waals surface area contributed by atoms with Crippen LogP contribution >= 0.6 is 0 Å². The quantitative estimate of drug-likeness (QED) is 0.254. The molecule has 230 valence electrons. The van der Waals surface area contributed by atoms with Crippen LogP contribution in [0.5, 0.6) is 0 Å². The Morgan fingerprint density at radius 3 is 2.09 bits per heavy atom. The molecular weight excluding hydrogens is 558 g/mol. The van der Waals surface area contributed by atoms with Gasteiger partial charge in [-0.2, -0.15) is 0 Å². The average Bonchev–Trinajstić information content (AvgIpc) is 3.01. The van der Waals surface area contributed by atoms with Gasteiger partial charge in [-0.3, -0.25) is 13.9 Å². The van der Waals surface area contributed by atoms with E-state index in [1.165, 1.54) is 22.9 Å². The first-order chi connectivity index (χ1) is 20.6. The molecule has 0 bridgehead atoms. The van der Waals surface area contributed by atoms with E-state index in [2.05, 4.69) is 19.2 Å². The number of hydrogen-bond acceptors (Lipinski definition) is 4. The van der Waals surface area contributed by atoms with Gasteiger partial charge in [-0.15, -0.1) is 0 Å². The van der Waals surface area contributed by atoms with E-state index in [1.807, 2.05) is 50.2 Å². The molecular formula is C35H45N3O4S. The van der Waals surface area contributed by atoms with Gasteiger partial charge in [-0.1, -0.05) is 100 Å². The Labute approximate surface area is 257 Å². The van der Waals surface area contributed by atoms with Gasteiger partial charge in [0, 0.05) is 12.6 Å². The first kappa shape index (κ1) is 32.3. The molecule has 2 amide bonds. The van der Waals surface area contributed by atoms with Crippen molar-refractivity contribution in [2.24, 2.45) is 0 Å². The fourth-order valence-corrected chi connectivity index (χ4v) is 7.06. The summed E-state index contributed by atoms with van der Waals surface area (Å²) in [7, 11) is -4.08. The van der Waals surface area contributed by atoms with Gasteiger partial charge in [0.05, 0.1) is 10.6 Å². The van der Waals surface area contributed by atoms with Crippen molar-refractivity contribution < 1.29 is 18.0 Å². The molecule has 0 saturated heterocycles. The van der Waals surface area contributed by atoms with E-state index in [1.54, 1.807) is 35.2 Å². The third-order valence-corrected chi connectivity index (χ3v) is 10.1. The first-order valence-corrected chi connectivity index (χ1v) is 16.9. The highest BCUT2D eigenvalue weighted by Gasteiger charge is 2.34. The molecule has 1 aliphatic rings. The van der Waals surface area contributed by atoms with Crippen LogP contribution in [0.15, 0.2) is 83.8 Å². The summed E-state index contributed by atoms with van der Waals surface area (Å²) in [4.78, 5) is 29.6. The molecule has 43 heavy (non-hydrogen) atoms. The van der Waals surface area contributed by atoms with Gasteiger partial charge >= 0.3 is 0 Å². The van der Waals surface area contributed by atoms with E-state index in [4.69, 9.17) is 0 Å². The lowest BCUT2D eigenvalue weighted by Crippen LogP contribution is -2.54. The fourth-order valence-electron chi connectivity index (χ4n) is 5.63. The second-order valence-electron chi connectivity index (χ2n) is 11.8. The summed E-state index contributed by atoms with van der Waals surface area (Å²) in [6.07, 6.45) is 5.61. The summed E-state index contributed by atoms with van der Waals surface area (Å²) in [5.41, 5.74) is 3.44. The standard InChI is InChI=1S/C35H45N3O4S/c1-5-33(35(40)36-30-12-8-6-9-13-30)37(24-28-18-16-27(4)17-19-28)34(39)25-38(31-22-20-29(21-23-31)26(2)3)43(41,42)32-14-10-7-11-15-32/h7,10-11,14-23,26,30,33H,5-6,8-9,12-13,24-25H2,1-4H3,(H,36,40)/t33-/m1/s1. The molecule has 1 aliphatic carbocycles. The maximum absolute atomic E-state index is 14.3. The Morgan fingerprint density at radius 1 is 0.884 bits per heavy atom. The number of anilines is 1. The maximum Gasteiger partial charge on any atom is 0.264 e. The number of aryl methyl sites for hydroxylation is 1. The number of rotatable bonds is 12. The predicted molar refractivity (Wildman–Crippen MR) is 172 cm³/mol. The zero-order chi connectivity index (χ0) is 31.0. The van der Waals surface area contributed by atoms with E-state index in [0.29, 0.717) is 12.1 Å². The predicted octanol–water partition coefficient (Wildman–Crippen LogP) is 6.57. The van der Waals surface area contributed by atoms with Gasteiger partial charge in [0.2, 0.25) is 11.8 Å². The average molecular weight is 604 g/mol. The highest BCUT2D eigenvalue weighted by atomic mass is 32.2. The summed E-state index contributed by atoms with van der Waals surface area (Å²) in [6.45, 7) is 7.80. The molecule has 7 nitrogen and oxygen atoms in total. The third-order valence-electron chi connectivity index (χ3n) is 8.27. The lowest BCUT2D eigenvalue weighted by molar-refractivity contribution is -0.140. The Bertz CT molecular complexity index is 1450. The summed E-state index contributed by atoms with van der Waals surface area (Å²) >= 11 is 0. The molecule has 0 aliphatic heterocycles. The Kier molecular flexibility index (Phi) is 11.0. The van der Waals surface area contributed by atoms with Crippen molar-refractivity contribution in [2.45, 2.75) is 95.7 Å². The van der Waals surface area contributed by atoms with Crippen LogP contribution in [-0.4, -0.2) is 43.8 Å². The summed E-state index contributed by atoms with van der Waals surface area (Å²) in [5.74, 6) is -0.347. The minimum atomic E-state index is -4.08. The molecule has 0 unspecified atom stereocenters. The van der Waals surface area contributed by atoms with Crippen molar-refractivity contribution in [3.05, 3.63) is 95.6 Å². The summed E-state index contributed by atoms with van der Waals surface area (Å²) in [6, 6.07) is 22.7. The molecule has 1 N–H and O–H groups in total. The maximum atomic E-state index is 14.3. The minimum absolute atomic E-state index is 0.0982. The lowest BCUT2D eigenvalue weighted by atomic mass is 9.95. The van der Waals surface area contributed by atoms with Crippen molar-refractivity contribution >= 4 is 27.5 Å². The molecule has 8 heteroatoms. The monoisotopic (exact) mass is 603 g/mol. The van der Waals surface area contributed by atoms with Gasteiger partial charge in [0.25, 0.3) is 10.0 Å². The van der Waals surface area contributed by atoms with Crippen LogP contribution in [0.3, 0.4) is 0 Å². The van der Waals surface area contributed by atoms with E-state index < -0.39 is 28.5 Å². The molecule has 4 rings (SSSR count). The van der Waals surface area contributed by atoms with Crippen molar-refractivity contribution in [1.82, 2.24) is 10.2 Å². The van der Waals surface area contributed by atoms with Crippen molar-refractivity contribution in [2.75, 3.05) is 10.8 Å². The van der Waals surface area contributed by atoms with Gasteiger partial charge in [0.15, 0.2) is 0 Å². The lowest BCUT2D eigenvalue weighted by Gasteiger charge is -2.34.